The highest BCUT2D eigenvalue weighted by molar-refractivity contribution is 5.85. The molecule has 0 heterocycles. The average Bonchev–Trinajstić information content (AvgIpc) is 2.67. The van der Waals surface area contributed by atoms with E-state index in [4.69, 9.17) is 4.74 Å². The van der Waals surface area contributed by atoms with Gasteiger partial charge in [0.15, 0.2) is 0 Å². The molecule has 3 aromatic rings. The van der Waals surface area contributed by atoms with Crippen molar-refractivity contribution in [1.29, 1.82) is 0 Å². The molecule has 0 saturated heterocycles. The number of aryl methyl sites for hydroxylation is 1. The maximum atomic E-state index is 6.00. The Kier molecular flexibility index (Phi) is 5.69. The fourth-order valence-electron chi connectivity index (χ4n) is 2.54. The molecule has 0 aromatic heterocycles. The van der Waals surface area contributed by atoms with Gasteiger partial charge >= 0.3 is 0 Å². The molecule has 0 fully saturated rings. The number of benzene rings is 3. The summed E-state index contributed by atoms with van der Waals surface area (Å²) < 4.78 is 6.00. The molecule has 0 atom stereocenters. The molecule has 3 aromatic carbocycles. The molecule has 0 N–H and O–H groups in total. The topological polar surface area (TPSA) is 24.8 Å². The van der Waals surface area contributed by atoms with E-state index in [1.165, 1.54) is 5.56 Å². The highest BCUT2D eigenvalue weighted by Crippen LogP contribution is 2.21. The van der Waals surface area contributed by atoms with Crippen LogP contribution in [0.25, 0.3) is 0 Å². The van der Waals surface area contributed by atoms with Crippen LogP contribution in [0.2, 0.25) is 0 Å². The third kappa shape index (κ3) is 4.73. The lowest BCUT2D eigenvalue weighted by molar-refractivity contribution is 0.306. The first-order valence-electron chi connectivity index (χ1n) is 8.70. The second kappa shape index (κ2) is 8.34. The second-order valence-corrected chi connectivity index (χ2v) is 6.48. The smallest absolute Gasteiger partial charge is 0.128 e. The second-order valence-electron chi connectivity index (χ2n) is 6.48. The highest BCUT2D eigenvalue weighted by atomic mass is 16.5. The van der Waals surface area contributed by atoms with Crippen LogP contribution in [0, 0.1) is 6.92 Å². The van der Waals surface area contributed by atoms with Gasteiger partial charge in [-0.1, -0.05) is 42.0 Å². The molecular formula is C23H24N2O. The number of para-hydroxylation sites is 1. The van der Waals surface area contributed by atoms with Gasteiger partial charge in [0.25, 0.3) is 0 Å². The van der Waals surface area contributed by atoms with Crippen molar-refractivity contribution in [3.8, 4) is 5.75 Å². The third-order valence-corrected chi connectivity index (χ3v) is 4.15. The van der Waals surface area contributed by atoms with Crippen molar-refractivity contribution in [3.63, 3.8) is 0 Å². The van der Waals surface area contributed by atoms with Gasteiger partial charge in [0.05, 0.1) is 5.69 Å². The summed E-state index contributed by atoms with van der Waals surface area (Å²) in [5, 5.41) is 0. The molecule has 3 nitrogen and oxygen atoms in total. The summed E-state index contributed by atoms with van der Waals surface area (Å²) >= 11 is 0. The van der Waals surface area contributed by atoms with Crippen LogP contribution < -0.4 is 9.64 Å². The Hall–Kier alpha value is -3.07. The average molecular weight is 344 g/mol. The first-order chi connectivity index (χ1) is 12.6. The predicted molar refractivity (Wildman–Crippen MR) is 110 cm³/mol. The molecular weight excluding hydrogens is 320 g/mol. The third-order valence-electron chi connectivity index (χ3n) is 4.15. The zero-order valence-corrected chi connectivity index (χ0v) is 15.5. The Morgan fingerprint density at radius 2 is 1.58 bits per heavy atom. The van der Waals surface area contributed by atoms with Crippen molar-refractivity contribution < 1.29 is 4.74 Å². The Labute approximate surface area is 155 Å². The lowest BCUT2D eigenvalue weighted by atomic mass is 10.1. The fourth-order valence-corrected chi connectivity index (χ4v) is 2.54. The van der Waals surface area contributed by atoms with Crippen molar-refractivity contribution in [2.45, 2.75) is 13.5 Å². The van der Waals surface area contributed by atoms with Crippen LogP contribution in [0.4, 0.5) is 11.4 Å². The first-order valence-corrected chi connectivity index (χ1v) is 8.70. The van der Waals surface area contributed by atoms with Crippen LogP contribution in [0.3, 0.4) is 0 Å². The molecule has 0 radical (unpaired) electrons. The Balaban J connectivity index is 1.71. The van der Waals surface area contributed by atoms with Crippen molar-refractivity contribution in [2.75, 3.05) is 19.0 Å². The summed E-state index contributed by atoms with van der Waals surface area (Å²) in [4.78, 5) is 6.65. The summed E-state index contributed by atoms with van der Waals surface area (Å²) in [5.41, 5.74) is 5.45. The van der Waals surface area contributed by atoms with E-state index < -0.39 is 0 Å². The highest BCUT2D eigenvalue weighted by Gasteiger charge is 2.02. The molecule has 3 heteroatoms. The summed E-state index contributed by atoms with van der Waals surface area (Å²) in [6.45, 7) is 2.63. The van der Waals surface area contributed by atoms with Gasteiger partial charge < -0.3 is 9.64 Å². The quantitative estimate of drug-likeness (QED) is 0.560. The summed E-state index contributed by atoms with van der Waals surface area (Å²) in [5.74, 6) is 0.835. The molecule has 26 heavy (non-hydrogen) atoms. The van der Waals surface area contributed by atoms with Gasteiger partial charge in [-0.3, -0.25) is 4.99 Å². The monoisotopic (exact) mass is 344 g/mol. The number of nitrogens with zero attached hydrogens (tertiary/aromatic N) is 2. The van der Waals surface area contributed by atoms with Crippen LogP contribution in [0.1, 0.15) is 16.7 Å². The molecule has 0 amide bonds. The molecule has 0 aliphatic rings. The number of hydrogen-bond acceptors (Lipinski definition) is 3. The van der Waals surface area contributed by atoms with Crippen LogP contribution in [-0.2, 0) is 6.61 Å². The van der Waals surface area contributed by atoms with Crippen molar-refractivity contribution in [1.82, 2.24) is 0 Å². The molecule has 3 rings (SSSR count). The predicted octanol–water partition coefficient (Wildman–Crippen LogP) is 5.39. The Morgan fingerprint density at radius 1 is 0.885 bits per heavy atom. The van der Waals surface area contributed by atoms with Crippen molar-refractivity contribution >= 4 is 17.6 Å². The molecule has 0 unspecified atom stereocenters. The van der Waals surface area contributed by atoms with Gasteiger partial charge in [0, 0.05) is 31.6 Å². The minimum Gasteiger partial charge on any atom is -0.488 e. The first kappa shape index (κ1) is 17.7. The van der Waals surface area contributed by atoms with E-state index in [-0.39, 0.29) is 0 Å². The maximum Gasteiger partial charge on any atom is 0.128 e. The minimum atomic E-state index is 0.544. The van der Waals surface area contributed by atoms with E-state index in [1.807, 2.05) is 56.7 Å². The van der Waals surface area contributed by atoms with Gasteiger partial charge in [0.2, 0.25) is 0 Å². The van der Waals surface area contributed by atoms with E-state index in [0.29, 0.717) is 6.61 Å². The summed E-state index contributed by atoms with van der Waals surface area (Å²) in [7, 11) is 4.06. The van der Waals surface area contributed by atoms with Crippen LogP contribution in [-0.4, -0.2) is 20.3 Å². The summed E-state index contributed by atoms with van der Waals surface area (Å²) in [6.07, 6.45) is 1.86. The number of anilines is 1. The van der Waals surface area contributed by atoms with Crippen LogP contribution >= 0.6 is 0 Å². The number of aliphatic imine (C=N–C) groups is 1. The zero-order chi connectivity index (χ0) is 18.4. The standard InChI is InChI=1S/C23H24N2O/c1-18-8-10-19(11-9-18)17-26-23-7-5-4-6-20(23)16-24-21-12-14-22(15-13-21)25(2)3/h4-16H,17H2,1-3H3. The van der Waals surface area contributed by atoms with E-state index in [9.17, 15) is 0 Å². The van der Waals surface area contributed by atoms with Gasteiger partial charge in [-0.05, 0) is 48.9 Å². The largest absolute Gasteiger partial charge is 0.488 e. The van der Waals surface area contributed by atoms with Gasteiger partial charge in [-0.2, -0.15) is 0 Å². The van der Waals surface area contributed by atoms with Crippen molar-refractivity contribution in [3.05, 3.63) is 89.5 Å². The number of hydrogen-bond donors (Lipinski definition) is 0. The van der Waals surface area contributed by atoms with E-state index in [0.717, 1.165) is 28.3 Å². The summed E-state index contributed by atoms with van der Waals surface area (Å²) in [6, 6.07) is 24.5. The SMILES string of the molecule is Cc1ccc(COc2ccccc2C=Nc2ccc(N(C)C)cc2)cc1. The molecule has 132 valence electrons. The van der Waals surface area contributed by atoms with Crippen LogP contribution in [0.5, 0.6) is 5.75 Å². The van der Waals surface area contributed by atoms with E-state index in [1.54, 1.807) is 0 Å². The van der Waals surface area contributed by atoms with Crippen molar-refractivity contribution in [2.24, 2.45) is 4.99 Å². The minimum absolute atomic E-state index is 0.544. The fraction of sp³-hybridized carbons (Fsp3) is 0.174. The zero-order valence-electron chi connectivity index (χ0n) is 15.5. The van der Waals surface area contributed by atoms with E-state index in [2.05, 4.69) is 53.2 Å². The van der Waals surface area contributed by atoms with Gasteiger partial charge in [-0.15, -0.1) is 0 Å². The maximum absolute atomic E-state index is 6.00. The molecule has 0 saturated carbocycles. The number of rotatable bonds is 6. The lowest BCUT2D eigenvalue weighted by Gasteiger charge is -2.11. The molecule has 0 spiro atoms. The van der Waals surface area contributed by atoms with E-state index >= 15 is 0 Å². The normalized spacial score (nSPS) is 10.9. The Bertz CT molecular complexity index is 865. The molecule has 0 aliphatic heterocycles. The molecule has 0 bridgehead atoms. The molecule has 0 aliphatic carbocycles. The van der Waals surface area contributed by atoms with Crippen LogP contribution in [0.15, 0.2) is 77.8 Å². The Morgan fingerprint density at radius 3 is 2.27 bits per heavy atom. The van der Waals surface area contributed by atoms with Gasteiger partial charge in [-0.25, -0.2) is 0 Å². The van der Waals surface area contributed by atoms with Gasteiger partial charge in [0.1, 0.15) is 12.4 Å². The number of ether oxygens (including phenoxy) is 1. The lowest BCUT2D eigenvalue weighted by Crippen LogP contribution is -2.07.